The van der Waals surface area contributed by atoms with Gasteiger partial charge in [0.2, 0.25) is 0 Å². The van der Waals surface area contributed by atoms with Gasteiger partial charge in [0.15, 0.2) is 0 Å². The highest BCUT2D eigenvalue weighted by Gasteiger charge is 2.25. The van der Waals surface area contributed by atoms with Crippen LogP contribution in [-0.2, 0) is 6.54 Å². The molecule has 2 aromatic rings. The maximum atomic E-state index is 13.0. The molecule has 1 fully saturated rings. The van der Waals surface area contributed by atoms with Crippen molar-refractivity contribution >= 4 is 18.3 Å². The van der Waals surface area contributed by atoms with Gasteiger partial charge in [-0.05, 0) is 44.0 Å². The summed E-state index contributed by atoms with van der Waals surface area (Å²) < 4.78 is 1.74. The van der Waals surface area contributed by atoms with Crippen LogP contribution >= 0.6 is 12.4 Å². The molecule has 7 heteroatoms. The first-order valence-electron chi connectivity index (χ1n) is 8.12. The van der Waals surface area contributed by atoms with Gasteiger partial charge in [0.05, 0.1) is 6.54 Å². The van der Waals surface area contributed by atoms with Crippen molar-refractivity contribution in [1.29, 1.82) is 0 Å². The molecule has 1 aliphatic heterocycles. The fourth-order valence-electron chi connectivity index (χ4n) is 3.23. The summed E-state index contributed by atoms with van der Waals surface area (Å²) in [6, 6.07) is 7.79. The fourth-order valence-corrected chi connectivity index (χ4v) is 3.23. The van der Waals surface area contributed by atoms with Crippen molar-refractivity contribution in [2.45, 2.75) is 19.4 Å². The zero-order valence-corrected chi connectivity index (χ0v) is 14.7. The smallest absolute Gasteiger partial charge is 0.254 e. The highest BCUT2D eigenvalue weighted by atomic mass is 35.5. The number of rotatable bonds is 5. The number of benzene rings is 1. The van der Waals surface area contributed by atoms with Gasteiger partial charge < -0.3 is 10.2 Å². The first kappa shape index (κ1) is 18.4. The van der Waals surface area contributed by atoms with Crippen LogP contribution < -0.4 is 5.32 Å². The van der Waals surface area contributed by atoms with Gasteiger partial charge in [0.25, 0.3) is 5.91 Å². The Hall–Kier alpha value is -1.92. The zero-order valence-electron chi connectivity index (χ0n) is 13.9. The van der Waals surface area contributed by atoms with E-state index in [9.17, 15) is 4.79 Å². The molecule has 0 radical (unpaired) electrons. The molecule has 1 atom stereocenters. The molecule has 1 N–H and O–H groups in total. The number of hydrogen-bond donors (Lipinski definition) is 1. The molecular weight excluding hydrogens is 326 g/mol. The quantitative estimate of drug-likeness (QED) is 0.894. The van der Waals surface area contributed by atoms with Crippen LogP contribution in [-0.4, -0.2) is 52.3 Å². The van der Waals surface area contributed by atoms with Gasteiger partial charge in [0, 0.05) is 18.7 Å². The maximum absolute atomic E-state index is 13.0. The Bertz CT molecular complexity index is 644. The fraction of sp³-hybridized carbons (Fsp3) is 0.471. The second-order valence-corrected chi connectivity index (χ2v) is 6.07. The normalized spacial score (nSPS) is 17.4. The Labute approximate surface area is 148 Å². The summed E-state index contributed by atoms with van der Waals surface area (Å²) in [4.78, 5) is 18.9. The second-order valence-electron chi connectivity index (χ2n) is 6.07. The van der Waals surface area contributed by atoms with Crippen molar-refractivity contribution in [3.05, 3.63) is 48.0 Å². The van der Waals surface area contributed by atoms with E-state index >= 15 is 0 Å². The van der Waals surface area contributed by atoms with E-state index in [1.54, 1.807) is 11.0 Å². The second kappa shape index (κ2) is 8.80. The molecule has 0 spiro atoms. The lowest BCUT2D eigenvalue weighted by atomic mass is 9.96. The van der Waals surface area contributed by atoms with Gasteiger partial charge in [-0.2, -0.15) is 5.10 Å². The molecule has 0 saturated carbocycles. The standard InChI is InChI=1S/C17H23N5O.ClH/c1-18-9-14-5-4-8-21(10-14)17(23)16-7-3-2-6-15(16)11-22-13-19-12-20-22;/h2-3,6-7,12-14,18H,4-5,8-11H2,1H3;1H. The molecule has 1 saturated heterocycles. The zero-order chi connectivity index (χ0) is 16.1. The van der Waals surface area contributed by atoms with Crippen molar-refractivity contribution in [3.63, 3.8) is 0 Å². The molecule has 1 aromatic heterocycles. The van der Waals surface area contributed by atoms with E-state index in [2.05, 4.69) is 15.4 Å². The third-order valence-electron chi connectivity index (χ3n) is 4.35. The summed E-state index contributed by atoms with van der Waals surface area (Å²) in [5.41, 5.74) is 1.76. The minimum atomic E-state index is 0. The molecular formula is C17H24ClN5O. The van der Waals surface area contributed by atoms with E-state index in [1.807, 2.05) is 36.2 Å². The lowest BCUT2D eigenvalue weighted by Gasteiger charge is -2.33. The molecule has 1 unspecified atom stereocenters. The van der Waals surface area contributed by atoms with Crippen LogP contribution in [0.1, 0.15) is 28.8 Å². The molecule has 1 aliphatic rings. The molecule has 1 amide bonds. The molecule has 24 heavy (non-hydrogen) atoms. The molecule has 0 aliphatic carbocycles. The van der Waals surface area contributed by atoms with E-state index in [0.29, 0.717) is 12.5 Å². The highest BCUT2D eigenvalue weighted by molar-refractivity contribution is 5.95. The van der Waals surface area contributed by atoms with Crippen molar-refractivity contribution < 1.29 is 4.79 Å². The van der Waals surface area contributed by atoms with Crippen LogP contribution in [0.5, 0.6) is 0 Å². The number of nitrogens with one attached hydrogen (secondary N) is 1. The Morgan fingerprint density at radius 2 is 2.21 bits per heavy atom. The van der Waals surface area contributed by atoms with Crippen molar-refractivity contribution in [3.8, 4) is 0 Å². The van der Waals surface area contributed by atoms with Crippen molar-refractivity contribution in [2.75, 3.05) is 26.7 Å². The van der Waals surface area contributed by atoms with Crippen LogP contribution in [0.15, 0.2) is 36.9 Å². The SMILES string of the molecule is CNCC1CCCN(C(=O)c2ccccc2Cn2cncn2)C1.Cl. The van der Waals surface area contributed by atoms with E-state index < -0.39 is 0 Å². The topological polar surface area (TPSA) is 63.1 Å². The summed E-state index contributed by atoms with van der Waals surface area (Å²) in [5.74, 6) is 0.668. The number of halogens is 1. The number of likely N-dealkylation sites (tertiary alicyclic amines) is 1. The van der Waals surface area contributed by atoms with Gasteiger partial charge in [0.1, 0.15) is 12.7 Å². The number of carbonyl (C=O) groups is 1. The van der Waals surface area contributed by atoms with Crippen molar-refractivity contribution in [2.24, 2.45) is 5.92 Å². The monoisotopic (exact) mass is 349 g/mol. The van der Waals surface area contributed by atoms with Crippen LogP contribution in [0.25, 0.3) is 0 Å². The van der Waals surface area contributed by atoms with E-state index in [4.69, 9.17) is 0 Å². The minimum absolute atomic E-state index is 0. The number of nitrogens with zero attached hydrogens (tertiary/aromatic N) is 4. The molecule has 1 aromatic carbocycles. The first-order valence-corrected chi connectivity index (χ1v) is 8.12. The van der Waals surface area contributed by atoms with Crippen LogP contribution in [0.4, 0.5) is 0 Å². The Balaban J connectivity index is 0.00000208. The maximum Gasteiger partial charge on any atom is 0.254 e. The number of hydrogen-bond acceptors (Lipinski definition) is 4. The van der Waals surface area contributed by atoms with Gasteiger partial charge in [-0.1, -0.05) is 18.2 Å². The lowest BCUT2D eigenvalue weighted by Crippen LogP contribution is -2.42. The van der Waals surface area contributed by atoms with Crippen LogP contribution in [0.2, 0.25) is 0 Å². The summed E-state index contributed by atoms with van der Waals surface area (Å²) >= 11 is 0. The average molecular weight is 350 g/mol. The molecule has 3 rings (SSSR count). The molecule has 0 bridgehead atoms. The Morgan fingerprint density at radius 3 is 2.96 bits per heavy atom. The summed E-state index contributed by atoms with van der Waals surface area (Å²) in [6.07, 6.45) is 5.44. The highest BCUT2D eigenvalue weighted by Crippen LogP contribution is 2.20. The van der Waals surface area contributed by atoms with Crippen LogP contribution in [0, 0.1) is 5.92 Å². The summed E-state index contributed by atoms with van der Waals surface area (Å²) in [6.45, 7) is 3.20. The van der Waals surface area contributed by atoms with Gasteiger partial charge in [-0.15, -0.1) is 12.4 Å². The lowest BCUT2D eigenvalue weighted by molar-refractivity contribution is 0.0673. The Morgan fingerprint density at radius 1 is 1.38 bits per heavy atom. The number of amides is 1. The molecule has 2 heterocycles. The number of aromatic nitrogens is 3. The number of carbonyl (C=O) groups excluding carboxylic acids is 1. The first-order chi connectivity index (χ1) is 11.3. The van der Waals surface area contributed by atoms with Gasteiger partial charge >= 0.3 is 0 Å². The molecule has 6 nitrogen and oxygen atoms in total. The third-order valence-corrected chi connectivity index (χ3v) is 4.35. The predicted octanol–water partition coefficient (Wildman–Crippen LogP) is 1.82. The largest absolute Gasteiger partial charge is 0.338 e. The van der Waals surface area contributed by atoms with Gasteiger partial charge in [-0.3, -0.25) is 4.79 Å². The Kier molecular flexibility index (Phi) is 6.75. The summed E-state index contributed by atoms with van der Waals surface area (Å²) in [5, 5.41) is 7.35. The molecule has 130 valence electrons. The average Bonchev–Trinajstić information content (AvgIpc) is 3.08. The third kappa shape index (κ3) is 4.33. The van der Waals surface area contributed by atoms with Crippen molar-refractivity contribution in [1.82, 2.24) is 25.0 Å². The van der Waals surface area contributed by atoms with Gasteiger partial charge in [-0.25, -0.2) is 9.67 Å². The van der Waals surface area contributed by atoms with E-state index in [0.717, 1.165) is 37.2 Å². The van der Waals surface area contributed by atoms with Crippen LogP contribution in [0.3, 0.4) is 0 Å². The predicted molar refractivity (Wildman–Crippen MR) is 95.4 cm³/mol. The number of piperidine rings is 1. The van der Waals surface area contributed by atoms with E-state index in [1.165, 1.54) is 12.7 Å². The van der Waals surface area contributed by atoms with E-state index in [-0.39, 0.29) is 18.3 Å². The summed E-state index contributed by atoms with van der Waals surface area (Å²) in [7, 11) is 1.97. The minimum Gasteiger partial charge on any atom is -0.338 e.